The number of hydrogen-bond acceptors (Lipinski definition) is 14. The number of hydrogen-bond donors (Lipinski definition) is 13. The van der Waals surface area contributed by atoms with Gasteiger partial charge < -0.3 is 72.6 Å². The maximum absolute atomic E-state index is 14.7. The van der Waals surface area contributed by atoms with Crippen molar-refractivity contribution >= 4 is 59.3 Å². The molecule has 9 atom stereocenters. The van der Waals surface area contributed by atoms with Crippen LogP contribution in [0.2, 0.25) is 0 Å². The molecule has 0 bridgehead atoms. The summed E-state index contributed by atoms with van der Waals surface area (Å²) in [6.07, 6.45) is 8.07. The normalized spacial score (nSPS) is 14.9. The van der Waals surface area contributed by atoms with Gasteiger partial charge in [-0.1, -0.05) is 132 Å². The first-order chi connectivity index (χ1) is 45.5. The largest absolute Gasteiger partial charge is 0.480 e. The zero-order chi connectivity index (χ0) is 70.3. The number of imidazole rings is 3. The number of ether oxygens (including phenoxy) is 1. The molecule has 0 spiro atoms. The molecule has 0 fully saturated rings. The fraction of sp³-hybridized carbons (Fsp3) is 0.551. The van der Waals surface area contributed by atoms with E-state index in [2.05, 4.69) is 77.8 Å². The zero-order valence-electron chi connectivity index (χ0n) is 57.2. The summed E-state index contributed by atoms with van der Waals surface area (Å²) in [5.41, 5.74) is 5.48. The number of nitrogens with one attached hydrogen (secondary N) is 12. The molecular weight excluding hydrogens is 1230 g/mol. The van der Waals surface area contributed by atoms with Crippen LogP contribution in [0.5, 0.6) is 0 Å². The highest BCUT2D eigenvalue weighted by Crippen LogP contribution is 2.44. The van der Waals surface area contributed by atoms with Crippen molar-refractivity contribution in [3.05, 3.63) is 114 Å². The Kier molecular flexibility index (Phi) is 28.7. The third-order valence-corrected chi connectivity index (χ3v) is 16.2. The smallest absolute Gasteiger partial charge is 0.407 e. The highest BCUT2D eigenvalue weighted by molar-refractivity contribution is 5.98. The summed E-state index contributed by atoms with van der Waals surface area (Å²) in [5.74, 6) is -8.33. The molecule has 27 nitrogen and oxygen atoms in total. The van der Waals surface area contributed by atoms with Crippen LogP contribution >= 0.6 is 0 Å². The molecule has 0 radical (unpaired) electrons. The Morgan fingerprint density at radius 2 is 0.625 bits per heavy atom. The first-order valence-electron chi connectivity index (χ1n) is 33.2. The maximum atomic E-state index is 14.7. The number of nitrogens with zero attached hydrogens (tertiary/aromatic N) is 3. The topological polar surface area (TPSA) is 394 Å². The van der Waals surface area contributed by atoms with Crippen molar-refractivity contribution in [1.82, 2.24) is 77.8 Å². The Balaban J connectivity index is 1.18. The van der Waals surface area contributed by atoms with Crippen LogP contribution in [-0.4, -0.2) is 155 Å². The SMILES string of the molecule is CC(C)C[C@H](NC(=O)[C@H](CC(C)C)NC(=O)[C@H](Cc1cnc[nH]1)NC(=O)[C@H](Cc1cnc[nH]1)NC(=O)[C@H](CC(C)C)NC(=O)[C@H](CC(C)C)NC(=O)[C@H](CC(C)C)NC(=O)[C@H](Cc1cnc[nH]1)NC(=O)[C@H](CC(C)C)NC(=O)OCC1c2ccccc2-c2ccccc21)C(=O)O. The Morgan fingerprint density at radius 1 is 0.375 bits per heavy atom. The Bertz CT molecular complexity index is 3320. The van der Waals surface area contributed by atoms with E-state index in [0.29, 0.717) is 17.1 Å². The van der Waals surface area contributed by atoms with Gasteiger partial charge in [0, 0.05) is 60.9 Å². The number of fused-ring (bicyclic) bond motifs is 3. The minimum Gasteiger partial charge on any atom is -0.480 e. The number of aliphatic carboxylic acids is 1. The first kappa shape index (κ1) is 75.6. The Labute approximate surface area is 561 Å². The average molecular weight is 1330 g/mol. The summed E-state index contributed by atoms with van der Waals surface area (Å²) in [7, 11) is 0. The molecular formula is C69H99N15O12. The molecule has 0 saturated heterocycles. The van der Waals surface area contributed by atoms with Gasteiger partial charge in [-0.3, -0.25) is 38.4 Å². The summed E-state index contributed by atoms with van der Waals surface area (Å²) < 4.78 is 5.82. The summed E-state index contributed by atoms with van der Waals surface area (Å²) in [5, 5.41) is 34.8. The van der Waals surface area contributed by atoms with Gasteiger partial charge in [0.15, 0.2) is 0 Å². The number of rotatable bonds is 38. The standard InChI is InChI=1S/C69H99N15O12/c1-37(2)21-51(76-61(86)52(22-38(3)4)78-65(90)56(27-43-30-70-34-73-43)81-64(89)55(25-41(9)10)84-69(95)96-33-50-48-19-15-13-17-46(48)47-18-14-16-20-49(47)50)60(85)77-53(23-39(5)6)62(87)80-58(29-45-32-72-36-75-45)67(92)82-57(28-44-31-71-35-74-44)66(91)79-54(24-40(7)8)63(88)83-59(68(93)94)26-42(11)12/h13-20,30-32,34-42,50-59H,21-29,33H2,1-12H3,(H,70,73)(H,71,74)(H,72,75)(H,76,86)(H,77,85)(H,78,90)(H,79,91)(H,80,87)(H,81,89)(H,82,92)(H,83,88)(H,84,95)(H,93,94)/t51-,52-,53-,54-,55-,56-,57-,58-,59-/m0/s1. The summed E-state index contributed by atoms with van der Waals surface area (Å²) >= 11 is 0. The van der Waals surface area contributed by atoms with E-state index >= 15 is 0 Å². The van der Waals surface area contributed by atoms with Crippen molar-refractivity contribution in [3.8, 4) is 11.1 Å². The molecule has 13 N–H and O–H groups in total. The molecule has 0 unspecified atom stereocenters. The van der Waals surface area contributed by atoms with Gasteiger partial charge in [-0.05, 0) is 96.3 Å². The second-order valence-corrected chi connectivity index (χ2v) is 27.5. The van der Waals surface area contributed by atoms with Crippen LogP contribution in [0.4, 0.5) is 4.79 Å². The van der Waals surface area contributed by atoms with Gasteiger partial charge in [0.2, 0.25) is 47.3 Å². The number of carbonyl (C=O) groups excluding carboxylic acids is 9. The number of amides is 9. The zero-order valence-corrected chi connectivity index (χ0v) is 57.2. The third-order valence-electron chi connectivity index (χ3n) is 16.2. The Hall–Kier alpha value is -9.43. The molecule has 1 aliphatic carbocycles. The molecule has 96 heavy (non-hydrogen) atoms. The van der Waals surface area contributed by atoms with E-state index in [1.165, 1.54) is 37.6 Å². The molecule has 3 aromatic heterocycles. The summed E-state index contributed by atoms with van der Waals surface area (Å²) in [6, 6.07) is 4.38. The van der Waals surface area contributed by atoms with Crippen molar-refractivity contribution in [2.24, 2.45) is 35.5 Å². The minimum atomic E-state index is -1.41. The molecule has 3 heterocycles. The lowest BCUT2D eigenvalue weighted by molar-refractivity contribution is -0.143. The highest BCUT2D eigenvalue weighted by Gasteiger charge is 2.38. The molecule has 6 rings (SSSR count). The number of carboxylic acid groups (broad SMARTS) is 1. The fourth-order valence-corrected chi connectivity index (χ4v) is 11.6. The van der Waals surface area contributed by atoms with E-state index < -0.39 is 114 Å². The first-order valence-corrected chi connectivity index (χ1v) is 33.2. The van der Waals surface area contributed by atoms with Gasteiger partial charge in [-0.2, -0.15) is 0 Å². The van der Waals surface area contributed by atoms with Crippen molar-refractivity contribution in [1.29, 1.82) is 0 Å². The van der Waals surface area contributed by atoms with Gasteiger partial charge in [-0.15, -0.1) is 0 Å². The number of H-pyrrole nitrogens is 3. The predicted octanol–water partition coefficient (Wildman–Crippen LogP) is 5.03. The quantitative estimate of drug-likeness (QED) is 0.0246. The lowest BCUT2D eigenvalue weighted by Gasteiger charge is -2.29. The average Bonchev–Trinajstić information content (AvgIpc) is 1.62. The number of benzene rings is 2. The molecule has 0 saturated carbocycles. The minimum absolute atomic E-state index is 0.00698. The second-order valence-electron chi connectivity index (χ2n) is 27.5. The van der Waals surface area contributed by atoms with Crippen LogP contribution in [0.25, 0.3) is 11.1 Å². The number of alkyl carbamates (subject to hydrolysis) is 1. The third kappa shape index (κ3) is 23.5. The predicted molar refractivity (Wildman–Crippen MR) is 359 cm³/mol. The molecule has 522 valence electrons. The van der Waals surface area contributed by atoms with Gasteiger partial charge in [0.1, 0.15) is 61.0 Å². The van der Waals surface area contributed by atoms with Crippen LogP contribution < -0.4 is 47.9 Å². The molecule has 2 aromatic carbocycles. The van der Waals surface area contributed by atoms with Crippen molar-refractivity contribution in [3.63, 3.8) is 0 Å². The van der Waals surface area contributed by atoms with Crippen LogP contribution in [0.3, 0.4) is 0 Å². The summed E-state index contributed by atoms with van der Waals surface area (Å²) in [6.45, 7) is 22.1. The van der Waals surface area contributed by atoms with E-state index in [1.54, 1.807) is 0 Å². The van der Waals surface area contributed by atoms with E-state index in [4.69, 9.17) is 4.74 Å². The molecule has 9 amide bonds. The van der Waals surface area contributed by atoms with Crippen molar-refractivity contribution < 1.29 is 57.8 Å². The Morgan fingerprint density at radius 3 is 0.896 bits per heavy atom. The van der Waals surface area contributed by atoms with E-state index in [-0.39, 0.29) is 106 Å². The number of carbonyl (C=O) groups is 10. The van der Waals surface area contributed by atoms with Crippen LogP contribution in [0, 0.1) is 35.5 Å². The number of aromatic nitrogens is 6. The van der Waals surface area contributed by atoms with Crippen molar-refractivity contribution in [2.75, 3.05) is 6.61 Å². The molecule has 0 aliphatic heterocycles. The van der Waals surface area contributed by atoms with E-state index in [0.717, 1.165) is 22.3 Å². The number of aromatic amines is 3. The fourth-order valence-electron chi connectivity index (χ4n) is 11.6. The van der Waals surface area contributed by atoms with Gasteiger partial charge in [-0.25, -0.2) is 24.5 Å². The van der Waals surface area contributed by atoms with Gasteiger partial charge in [0.05, 0.1) is 19.0 Å². The molecule has 27 heteroatoms. The van der Waals surface area contributed by atoms with Crippen LogP contribution in [0.1, 0.15) is 156 Å². The lowest BCUT2D eigenvalue weighted by Crippen LogP contribution is -2.61. The van der Waals surface area contributed by atoms with Crippen LogP contribution in [-0.2, 0) is 67.2 Å². The van der Waals surface area contributed by atoms with Gasteiger partial charge >= 0.3 is 12.1 Å². The maximum Gasteiger partial charge on any atom is 0.407 e. The van der Waals surface area contributed by atoms with Crippen LogP contribution in [0.15, 0.2) is 86.1 Å². The summed E-state index contributed by atoms with van der Waals surface area (Å²) in [4.78, 5) is 163. The monoisotopic (exact) mass is 1330 g/mol. The van der Waals surface area contributed by atoms with E-state index in [9.17, 15) is 53.1 Å². The highest BCUT2D eigenvalue weighted by atomic mass is 16.5. The van der Waals surface area contributed by atoms with Gasteiger partial charge in [0.25, 0.3) is 0 Å². The lowest BCUT2D eigenvalue weighted by atomic mass is 9.98. The second kappa shape index (κ2) is 36.5. The van der Waals surface area contributed by atoms with E-state index in [1.807, 2.05) is 132 Å². The number of carboxylic acids is 1. The molecule has 1 aliphatic rings. The molecule has 5 aromatic rings. The van der Waals surface area contributed by atoms with Crippen molar-refractivity contribution in [2.45, 2.75) is 201 Å².